The van der Waals surface area contributed by atoms with E-state index in [9.17, 15) is 4.79 Å². The van der Waals surface area contributed by atoms with Gasteiger partial charge in [-0.2, -0.15) is 0 Å². The molecule has 0 rings (SSSR count). The largest absolute Gasteiger partial charge is 0.466 e. The van der Waals surface area contributed by atoms with E-state index >= 15 is 0 Å². The van der Waals surface area contributed by atoms with Crippen molar-refractivity contribution in [3.63, 3.8) is 0 Å². The van der Waals surface area contributed by atoms with Crippen molar-refractivity contribution in [3.8, 4) is 0 Å². The van der Waals surface area contributed by atoms with Gasteiger partial charge in [-0.05, 0) is 33.0 Å². The summed E-state index contributed by atoms with van der Waals surface area (Å²) in [6.45, 7) is 4.91. The van der Waals surface area contributed by atoms with E-state index in [-0.39, 0.29) is 5.97 Å². The predicted octanol–water partition coefficient (Wildman–Crippen LogP) is 0.610. The van der Waals surface area contributed by atoms with E-state index in [0.29, 0.717) is 19.6 Å². The summed E-state index contributed by atoms with van der Waals surface area (Å²) in [5, 5.41) is 0. The summed E-state index contributed by atoms with van der Waals surface area (Å²) in [6, 6.07) is 0. The molecule has 0 aliphatic rings. The molecule has 0 aliphatic heterocycles. The number of nitrogens with two attached hydrogens (primary N) is 1. The van der Waals surface area contributed by atoms with Crippen molar-refractivity contribution >= 4 is 5.97 Å². The van der Waals surface area contributed by atoms with E-state index in [1.165, 1.54) is 0 Å². The molecule has 0 unspecified atom stereocenters. The molecule has 0 saturated heterocycles. The lowest BCUT2D eigenvalue weighted by molar-refractivity contribution is -0.143. The first-order chi connectivity index (χ1) is 6.70. The molecule has 0 saturated carbocycles. The molecule has 0 spiro atoms. The zero-order valence-electron chi connectivity index (χ0n) is 9.29. The number of carbonyl (C=O) groups excluding carboxylic acids is 1. The van der Waals surface area contributed by atoms with Crippen molar-refractivity contribution in [2.75, 3.05) is 33.3 Å². The average molecular weight is 202 g/mol. The molecule has 14 heavy (non-hydrogen) atoms. The minimum absolute atomic E-state index is 0.105. The first kappa shape index (κ1) is 13.4. The Bertz CT molecular complexity index is 151. The van der Waals surface area contributed by atoms with Gasteiger partial charge >= 0.3 is 5.97 Å². The lowest BCUT2D eigenvalue weighted by Gasteiger charge is -2.15. The highest BCUT2D eigenvalue weighted by Gasteiger charge is 2.04. The van der Waals surface area contributed by atoms with Gasteiger partial charge in [0.15, 0.2) is 0 Å². The molecule has 0 atom stereocenters. The number of rotatable bonds is 8. The molecule has 0 amide bonds. The van der Waals surface area contributed by atoms with Gasteiger partial charge in [-0.15, -0.1) is 0 Å². The number of hydrogen-bond donors (Lipinski definition) is 1. The standard InChI is InChI=1S/C10H22N2O2/c1-3-9-14-10(13)5-8-12(2)7-4-6-11/h3-9,11H2,1-2H3. The quantitative estimate of drug-likeness (QED) is 0.586. The molecule has 0 bridgehead atoms. The van der Waals surface area contributed by atoms with Gasteiger partial charge in [-0.25, -0.2) is 0 Å². The third-order valence-corrected chi connectivity index (χ3v) is 1.91. The minimum Gasteiger partial charge on any atom is -0.466 e. The van der Waals surface area contributed by atoms with Crippen LogP contribution in [0.1, 0.15) is 26.2 Å². The van der Waals surface area contributed by atoms with Crippen molar-refractivity contribution < 1.29 is 9.53 Å². The maximum absolute atomic E-state index is 11.1. The topological polar surface area (TPSA) is 55.6 Å². The van der Waals surface area contributed by atoms with Crippen LogP contribution in [0.25, 0.3) is 0 Å². The highest BCUT2D eigenvalue weighted by Crippen LogP contribution is 1.93. The molecular formula is C10H22N2O2. The van der Waals surface area contributed by atoms with Crippen molar-refractivity contribution in [1.29, 1.82) is 0 Å². The van der Waals surface area contributed by atoms with Gasteiger partial charge < -0.3 is 15.4 Å². The predicted molar refractivity (Wildman–Crippen MR) is 57.0 cm³/mol. The fourth-order valence-corrected chi connectivity index (χ4v) is 1.04. The minimum atomic E-state index is -0.105. The highest BCUT2D eigenvalue weighted by molar-refractivity contribution is 5.69. The zero-order chi connectivity index (χ0) is 10.8. The Balaban J connectivity index is 3.36. The number of esters is 1. The van der Waals surface area contributed by atoms with Gasteiger partial charge in [0, 0.05) is 6.54 Å². The Kier molecular flexibility index (Phi) is 8.57. The van der Waals surface area contributed by atoms with Gasteiger partial charge in [0.25, 0.3) is 0 Å². The molecule has 0 fully saturated rings. The molecule has 0 aliphatic carbocycles. The first-order valence-electron chi connectivity index (χ1n) is 5.25. The lowest BCUT2D eigenvalue weighted by atomic mass is 10.3. The van der Waals surface area contributed by atoms with Crippen LogP contribution in [0.5, 0.6) is 0 Å². The molecule has 0 radical (unpaired) electrons. The van der Waals surface area contributed by atoms with Crippen molar-refractivity contribution in [3.05, 3.63) is 0 Å². The number of ether oxygens (including phenoxy) is 1. The van der Waals surface area contributed by atoms with Crippen LogP contribution >= 0.6 is 0 Å². The molecular weight excluding hydrogens is 180 g/mol. The second-order valence-electron chi connectivity index (χ2n) is 3.42. The lowest BCUT2D eigenvalue weighted by Crippen LogP contribution is -2.25. The number of hydrogen-bond acceptors (Lipinski definition) is 4. The summed E-state index contributed by atoms with van der Waals surface area (Å²) < 4.78 is 4.96. The number of carbonyl (C=O) groups is 1. The maximum Gasteiger partial charge on any atom is 0.307 e. The summed E-state index contributed by atoms with van der Waals surface area (Å²) in [6.07, 6.45) is 2.33. The molecule has 0 aromatic heterocycles. The zero-order valence-corrected chi connectivity index (χ0v) is 9.29. The van der Waals surface area contributed by atoms with Crippen LogP contribution in [0.2, 0.25) is 0 Å². The van der Waals surface area contributed by atoms with Crippen LogP contribution in [0.15, 0.2) is 0 Å². The van der Waals surface area contributed by atoms with Gasteiger partial charge in [0.05, 0.1) is 13.0 Å². The second-order valence-corrected chi connectivity index (χ2v) is 3.42. The first-order valence-corrected chi connectivity index (χ1v) is 5.25. The van der Waals surface area contributed by atoms with Crippen LogP contribution in [0, 0.1) is 0 Å². The molecule has 0 aromatic rings. The summed E-state index contributed by atoms with van der Waals surface area (Å²) in [4.78, 5) is 13.2. The molecule has 4 heteroatoms. The van der Waals surface area contributed by atoms with Gasteiger partial charge in [0.2, 0.25) is 0 Å². The van der Waals surface area contributed by atoms with E-state index < -0.39 is 0 Å². The van der Waals surface area contributed by atoms with Crippen LogP contribution in [-0.2, 0) is 9.53 Å². The molecule has 0 aromatic carbocycles. The summed E-state index contributed by atoms with van der Waals surface area (Å²) in [5.41, 5.74) is 5.38. The monoisotopic (exact) mass is 202 g/mol. The fourth-order valence-electron chi connectivity index (χ4n) is 1.04. The summed E-state index contributed by atoms with van der Waals surface area (Å²) >= 11 is 0. The molecule has 84 valence electrons. The van der Waals surface area contributed by atoms with Gasteiger partial charge in [-0.3, -0.25) is 4.79 Å². The Labute approximate surface area is 86.4 Å². The fraction of sp³-hybridized carbons (Fsp3) is 0.900. The van der Waals surface area contributed by atoms with Gasteiger partial charge in [-0.1, -0.05) is 6.92 Å². The molecule has 4 nitrogen and oxygen atoms in total. The Hall–Kier alpha value is -0.610. The third-order valence-electron chi connectivity index (χ3n) is 1.91. The van der Waals surface area contributed by atoms with E-state index in [4.69, 9.17) is 10.5 Å². The van der Waals surface area contributed by atoms with Crippen molar-refractivity contribution in [1.82, 2.24) is 4.90 Å². The van der Waals surface area contributed by atoms with Crippen LogP contribution in [0.4, 0.5) is 0 Å². The van der Waals surface area contributed by atoms with Gasteiger partial charge in [0.1, 0.15) is 0 Å². The van der Waals surface area contributed by atoms with Crippen LogP contribution in [-0.4, -0.2) is 44.2 Å². The Morgan fingerprint density at radius 2 is 2.14 bits per heavy atom. The SMILES string of the molecule is CCCOC(=O)CCN(C)CCCN. The van der Waals surface area contributed by atoms with Crippen molar-refractivity contribution in [2.24, 2.45) is 5.73 Å². The maximum atomic E-state index is 11.1. The Morgan fingerprint density at radius 1 is 1.43 bits per heavy atom. The van der Waals surface area contributed by atoms with Crippen molar-refractivity contribution in [2.45, 2.75) is 26.2 Å². The Morgan fingerprint density at radius 3 is 2.71 bits per heavy atom. The van der Waals surface area contributed by atoms with Crippen LogP contribution in [0.3, 0.4) is 0 Å². The third kappa shape index (κ3) is 8.01. The number of nitrogens with zero attached hydrogens (tertiary/aromatic N) is 1. The van der Waals surface area contributed by atoms with Crippen LogP contribution < -0.4 is 5.73 Å². The highest BCUT2D eigenvalue weighted by atomic mass is 16.5. The molecule has 2 N–H and O–H groups in total. The smallest absolute Gasteiger partial charge is 0.307 e. The van der Waals surface area contributed by atoms with E-state index in [0.717, 1.165) is 25.9 Å². The normalized spacial score (nSPS) is 10.6. The summed E-state index contributed by atoms with van der Waals surface area (Å²) in [7, 11) is 1.99. The summed E-state index contributed by atoms with van der Waals surface area (Å²) in [5.74, 6) is -0.105. The van der Waals surface area contributed by atoms with E-state index in [2.05, 4.69) is 4.90 Å². The second kappa shape index (κ2) is 8.97. The average Bonchev–Trinajstić information content (AvgIpc) is 2.20. The van der Waals surface area contributed by atoms with E-state index in [1.54, 1.807) is 0 Å². The molecule has 0 heterocycles. The van der Waals surface area contributed by atoms with E-state index in [1.807, 2.05) is 14.0 Å².